The van der Waals surface area contributed by atoms with Gasteiger partial charge in [-0.15, -0.1) is 0 Å². The van der Waals surface area contributed by atoms with Gasteiger partial charge in [0.25, 0.3) is 0 Å². The summed E-state index contributed by atoms with van der Waals surface area (Å²) in [7, 11) is 0. The molecule has 0 aliphatic heterocycles. The summed E-state index contributed by atoms with van der Waals surface area (Å²) in [6.07, 6.45) is 2.19. The number of carboxylic acid groups (broad SMARTS) is 1. The molecule has 0 aromatic heterocycles. The summed E-state index contributed by atoms with van der Waals surface area (Å²) >= 11 is 0. The van der Waals surface area contributed by atoms with Gasteiger partial charge in [0.15, 0.2) is 0 Å². The average molecular weight is 396 g/mol. The Kier molecular flexibility index (Phi) is 7.27. The van der Waals surface area contributed by atoms with E-state index in [4.69, 9.17) is 19.3 Å². The number of hydrogen-bond acceptors (Lipinski definition) is 5. The third kappa shape index (κ3) is 7.02. The molecule has 0 amide bonds. The Labute approximate surface area is 165 Å². The minimum absolute atomic E-state index is 0.221. The maximum Gasteiger partial charge on any atom is 0.506 e. The maximum atomic E-state index is 13.0. The molecule has 156 valence electrons. The molecule has 7 heteroatoms. The van der Waals surface area contributed by atoms with Crippen LogP contribution in [0.1, 0.15) is 59.3 Å². The summed E-state index contributed by atoms with van der Waals surface area (Å²) in [5.74, 6) is -0.803. The minimum atomic E-state index is -1.33. The van der Waals surface area contributed by atoms with Crippen LogP contribution in [0.4, 0.5) is 9.18 Å². The quantitative estimate of drug-likeness (QED) is 0.626. The molecule has 1 aliphatic carbocycles. The zero-order valence-electron chi connectivity index (χ0n) is 16.7. The molecule has 1 unspecified atom stereocenters. The minimum Gasteiger partial charge on any atom is -0.494 e. The van der Waals surface area contributed by atoms with Crippen molar-refractivity contribution >= 4 is 12.1 Å². The number of ether oxygens (including phenoxy) is 3. The molecule has 2 rings (SSSR count). The van der Waals surface area contributed by atoms with Crippen molar-refractivity contribution in [3.63, 3.8) is 0 Å². The van der Waals surface area contributed by atoms with Crippen molar-refractivity contribution in [2.75, 3.05) is 6.61 Å². The molecule has 0 radical (unpaired) electrons. The first-order valence-electron chi connectivity index (χ1n) is 9.62. The molecule has 1 aromatic carbocycles. The monoisotopic (exact) mass is 396 g/mol. The van der Waals surface area contributed by atoms with Gasteiger partial charge in [0.05, 0.1) is 12.5 Å². The van der Waals surface area contributed by atoms with Crippen LogP contribution in [0.25, 0.3) is 0 Å². The fraction of sp³-hybridized carbons (Fsp3) is 0.619. The van der Waals surface area contributed by atoms with Crippen LogP contribution < -0.4 is 4.74 Å². The number of rotatable bonds is 8. The number of esters is 1. The van der Waals surface area contributed by atoms with Crippen LogP contribution in [-0.4, -0.2) is 35.0 Å². The van der Waals surface area contributed by atoms with Gasteiger partial charge in [0, 0.05) is 6.42 Å². The van der Waals surface area contributed by atoms with E-state index in [1.807, 2.05) is 0 Å². The van der Waals surface area contributed by atoms with Crippen LogP contribution in [-0.2, 0) is 14.3 Å². The van der Waals surface area contributed by atoms with E-state index < -0.39 is 29.2 Å². The highest BCUT2D eigenvalue weighted by molar-refractivity contribution is 5.73. The molecular formula is C21H29FO6. The van der Waals surface area contributed by atoms with E-state index in [0.29, 0.717) is 25.0 Å². The van der Waals surface area contributed by atoms with Gasteiger partial charge >= 0.3 is 12.1 Å². The largest absolute Gasteiger partial charge is 0.506 e. The second kappa shape index (κ2) is 9.26. The van der Waals surface area contributed by atoms with Crippen molar-refractivity contribution in [2.45, 2.75) is 70.5 Å². The number of benzene rings is 1. The summed E-state index contributed by atoms with van der Waals surface area (Å²) in [5.41, 5.74) is -1.51. The first-order chi connectivity index (χ1) is 13.1. The number of halogens is 1. The van der Waals surface area contributed by atoms with Crippen molar-refractivity contribution in [3.05, 3.63) is 30.1 Å². The van der Waals surface area contributed by atoms with Crippen LogP contribution in [0.2, 0.25) is 0 Å². The Morgan fingerprint density at radius 3 is 2.32 bits per heavy atom. The normalized spacial score (nSPS) is 17.0. The summed E-state index contributed by atoms with van der Waals surface area (Å²) < 4.78 is 29.4. The van der Waals surface area contributed by atoms with E-state index in [1.54, 1.807) is 20.8 Å². The first kappa shape index (κ1) is 22.0. The summed E-state index contributed by atoms with van der Waals surface area (Å²) in [4.78, 5) is 23.9. The molecule has 1 fully saturated rings. The molecular weight excluding hydrogens is 367 g/mol. The zero-order valence-corrected chi connectivity index (χ0v) is 16.7. The van der Waals surface area contributed by atoms with Crippen molar-refractivity contribution in [3.8, 4) is 5.75 Å². The second-order valence-electron chi connectivity index (χ2n) is 8.28. The summed E-state index contributed by atoms with van der Waals surface area (Å²) in [6.45, 7) is 5.58. The molecule has 1 saturated carbocycles. The van der Waals surface area contributed by atoms with Crippen LogP contribution in [0.3, 0.4) is 0 Å². The van der Waals surface area contributed by atoms with E-state index in [0.717, 1.165) is 12.8 Å². The zero-order chi connectivity index (χ0) is 20.8. The molecule has 1 aliphatic rings. The molecule has 6 nitrogen and oxygen atoms in total. The highest BCUT2D eigenvalue weighted by atomic mass is 19.1. The van der Waals surface area contributed by atoms with E-state index in [1.165, 1.54) is 24.3 Å². The molecule has 0 bridgehead atoms. The van der Waals surface area contributed by atoms with Crippen LogP contribution in [0, 0.1) is 11.7 Å². The Morgan fingerprint density at radius 2 is 1.79 bits per heavy atom. The lowest BCUT2D eigenvalue weighted by atomic mass is 9.87. The lowest BCUT2D eigenvalue weighted by Crippen LogP contribution is -2.38. The SMILES string of the molecule is CC(C)(C)OC(=O)C(CCOc1ccc(F)cc1)CC1(OC(=O)O)CCCC1. The van der Waals surface area contributed by atoms with Gasteiger partial charge in [-0.25, -0.2) is 9.18 Å². The number of hydrogen-bond donors (Lipinski definition) is 1. The molecule has 1 atom stereocenters. The third-order valence-corrected chi connectivity index (χ3v) is 4.73. The smallest absolute Gasteiger partial charge is 0.494 e. The van der Waals surface area contributed by atoms with Crippen LogP contribution in [0.15, 0.2) is 24.3 Å². The van der Waals surface area contributed by atoms with Gasteiger partial charge in [-0.05, 0) is 77.1 Å². The number of carbonyl (C=O) groups is 2. The van der Waals surface area contributed by atoms with Crippen LogP contribution in [0.5, 0.6) is 5.75 Å². The molecule has 28 heavy (non-hydrogen) atoms. The predicted molar refractivity (Wildman–Crippen MR) is 101 cm³/mol. The van der Waals surface area contributed by atoms with Crippen molar-refractivity contribution < 1.29 is 33.3 Å². The van der Waals surface area contributed by atoms with E-state index in [2.05, 4.69) is 0 Å². The van der Waals surface area contributed by atoms with Gasteiger partial charge in [0.2, 0.25) is 0 Å². The second-order valence-corrected chi connectivity index (χ2v) is 8.28. The lowest BCUT2D eigenvalue weighted by Gasteiger charge is -2.32. The van der Waals surface area contributed by atoms with Gasteiger partial charge in [-0.1, -0.05) is 0 Å². The van der Waals surface area contributed by atoms with Crippen LogP contribution >= 0.6 is 0 Å². The lowest BCUT2D eigenvalue weighted by molar-refractivity contribution is -0.163. The molecule has 1 aromatic rings. The van der Waals surface area contributed by atoms with Gasteiger partial charge in [-0.2, -0.15) is 0 Å². The molecule has 0 spiro atoms. The summed E-state index contributed by atoms with van der Waals surface area (Å²) in [5, 5.41) is 9.13. The predicted octanol–water partition coefficient (Wildman–Crippen LogP) is 4.95. The van der Waals surface area contributed by atoms with Gasteiger partial charge in [0.1, 0.15) is 22.8 Å². The number of carbonyl (C=O) groups excluding carboxylic acids is 1. The topological polar surface area (TPSA) is 82.1 Å². The molecule has 0 saturated heterocycles. The van der Waals surface area contributed by atoms with Crippen molar-refractivity contribution in [2.24, 2.45) is 5.92 Å². The van der Waals surface area contributed by atoms with E-state index in [-0.39, 0.29) is 18.8 Å². The fourth-order valence-electron chi connectivity index (χ4n) is 3.54. The highest BCUT2D eigenvalue weighted by Gasteiger charge is 2.42. The maximum absolute atomic E-state index is 13.0. The standard InChI is InChI=1S/C21H29FO6/c1-20(2,3)27-18(23)15(10-13-26-17-8-6-16(22)7-9-17)14-21(28-19(24)25)11-4-5-12-21/h6-9,15H,4-5,10-14H2,1-3H3,(H,24,25). The summed E-state index contributed by atoms with van der Waals surface area (Å²) in [6, 6.07) is 5.64. The van der Waals surface area contributed by atoms with E-state index in [9.17, 15) is 14.0 Å². The Morgan fingerprint density at radius 1 is 1.18 bits per heavy atom. The van der Waals surface area contributed by atoms with E-state index >= 15 is 0 Å². The Balaban J connectivity index is 2.06. The van der Waals surface area contributed by atoms with Gasteiger partial charge in [-0.3, -0.25) is 4.79 Å². The van der Waals surface area contributed by atoms with Crippen molar-refractivity contribution in [1.82, 2.24) is 0 Å². The highest BCUT2D eigenvalue weighted by Crippen LogP contribution is 2.40. The van der Waals surface area contributed by atoms with Gasteiger partial charge < -0.3 is 19.3 Å². The Bertz CT molecular complexity index is 658. The van der Waals surface area contributed by atoms with Crippen molar-refractivity contribution in [1.29, 1.82) is 0 Å². The molecule has 0 heterocycles. The third-order valence-electron chi connectivity index (χ3n) is 4.73. The Hall–Kier alpha value is -2.31. The average Bonchev–Trinajstić information content (AvgIpc) is 3.01. The first-order valence-corrected chi connectivity index (χ1v) is 9.62. The molecule has 1 N–H and O–H groups in total. The fourth-order valence-corrected chi connectivity index (χ4v) is 3.54.